The third-order valence-electron chi connectivity index (χ3n) is 7.50. The highest BCUT2D eigenvalue weighted by atomic mass is 79.9. The molecule has 0 amide bonds. The van der Waals surface area contributed by atoms with E-state index in [0.717, 1.165) is 21.5 Å². The lowest BCUT2D eigenvalue weighted by Gasteiger charge is -2.15. The monoisotopic (exact) mass is 578 g/mol. The first-order chi connectivity index (χ1) is 19.7. The number of fused-ring (bicyclic) bond motifs is 3. The van der Waals surface area contributed by atoms with Crippen molar-refractivity contribution >= 4 is 49.1 Å². The molecule has 192 valence electrons. The number of benzene rings is 6. The SMILES string of the molecule is Cc1ccc(Nc2cc(-c3ccc(-c4ccccc4Br)cc3)c3c(c2)c2ccccc2n3-c2ccccc2)cc1. The van der Waals surface area contributed by atoms with Crippen LogP contribution in [0.3, 0.4) is 0 Å². The van der Waals surface area contributed by atoms with Gasteiger partial charge in [-0.15, -0.1) is 0 Å². The minimum absolute atomic E-state index is 1.07. The number of hydrogen-bond acceptors (Lipinski definition) is 1. The van der Waals surface area contributed by atoms with E-state index in [1.54, 1.807) is 0 Å². The maximum absolute atomic E-state index is 3.72. The summed E-state index contributed by atoms with van der Waals surface area (Å²) in [5.74, 6) is 0. The fraction of sp³-hybridized carbons (Fsp3) is 0.0270. The molecule has 0 bridgehead atoms. The molecule has 0 aliphatic rings. The Labute approximate surface area is 242 Å². The summed E-state index contributed by atoms with van der Waals surface area (Å²) in [6, 6.07) is 49.8. The van der Waals surface area contributed by atoms with E-state index in [4.69, 9.17) is 0 Å². The van der Waals surface area contributed by atoms with Crippen molar-refractivity contribution in [3.05, 3.63) is 150 Å². The Kier molecular flexibility index (Phi) is 6.22. The van der Waals surface area contributed by atoms with Crippen LogP contribution in [0.15, 0.2) is 144 Å². The zero-order chi connectivity index (χ0) is 27.1. The highest BCUT2D eigenvalue weighted by Crippen LogP contribution is 2.41. The fourth-order valence-electron chi connectivity index (χ4n) is 5.56. The van der Waals surface area contributed by atoms with E-state index in [2.05, 4.69) is 166 Å². The van der Waals surface area contributed by atoms with Crippen LogP contribution >= 0.6 is 15.9 Å². The second-order valence-electron chi connectivity index (χ2n) is 10.2. The first-order valence-electron chi connectivity index (χ1n) is 13.5. The molecule has 0 atom stereocenters. The van der Waals surface area contributed by atoms with Crippen LogP contribution in [0.4, 0.5) is 11.4 Å². The van der Waals surface area contributed by atoms with Crippen LogP contribution in [0.1, 0.15) is 5.56 Å². The molecule has 0 unspecified atom stereocenters. The summed E-state index contributed by atoms with van der Waals surface area (Å²) < 4.78 is 3.50. The number of hydrogen-bond donors (Lipinski definition) is 1. The predicted octanol–water partition coefficient (Wildman–Crippen LogP) is 10.9. The zero-order valence-corrected chi connectivity index (χ0v) is 23.7. The molecule has 3 heteroatoms. The average Bonchev–Trinajstić information content (AvgIpc) is 3.33. The first-order valence-corrected chi connectivity index (χ1v) is 14.3. The Hall–Kier alpha value is -4.60. The van der Waals surface area contributed by atoms with E-state index >= 15 is 0 Å². The molecular weight excluding hydrogens is 552 g/mol. The van der Waals surface area contributed by atoms with E-state index in [0.29, 0.717) is 0 Å². The number of aromatic nitrogens is 1. The normalized spacial score (nSPS) is 11.2. The van der Waals surface area contributed by atoms with Crippen LogP contribution in [-0.4, -0.2) is 4.57 Å². The van der Waals surface area contributed by atoms with E-state index in [-0.39, 0.29) is 0 Å². The first kappa shape index (κ1) is 24.4. The lowest BCUT2D eigenvalue weighted by Crippen LogP contribution is -1.97. The number of para-hydroxylation sites is 2. The number of rotatable bonds is 5. The van der Waals surface area contributed by atoms with E-state index in [1.165, 1.54) is 49.6 Å². The number of anilines is 2. The van der Waals surface area contributed by atoms with Crippen LogP contribution in [0, 0.1) is 6.92 Å². The van der Waals surface area contributed by atoms with E-state index in [1.807, 2.05) is 6.07 Å². The minimum atomic E-state index is 1.07. The summed E-state index contributed by atoms with van der Waals surface area (Å²) in [6.45, 7) is 2.12. The molecular formula is C37H27BrN2. The molecule has 6 aromatic carbocycles. The topological polar surface area (TPSA) is 17.0 Å². The van der Waals surface area contributed by atoms with Crippen molar-refractivity contribution in [2.75, 3.05) is 5.32 Å². The molecule has 1 N–H and O–H groups in total. The van der Waals surface area contributed by atoms with Crippen LogP contribution in [-0.2, 0) is 0 Å². The molecule has 0 saturated heterocycles. The quantitative estimate of drug-likeness (QED) is 0.215. The third-order valence-corrected chi connectivity index (χ3v) is 8.20. The van der Waals surface area contributed by atoms with Crippen molar-refractivity contribution in [3.63, 3.8) is 0 Å². The van der Waals surface area contributed by atoms with Crippen LogP contribution in [0.2, 0.25) is 0 Å². The Morgan fingerprint density at radius 1 is 0.550 bits per heavy atom. The predicted molar refractivity (Wildman–Crippen MR) is 174 cm³/mol. The standard InChI is InChI=1S/C37H27BrN2/c1-25-15-21-28(22-16-25)39-29-23-33(27-19-17-26(18-20-27)31-11-5-7-13-35(31)38)37-34(24-29)32-12-6-8-14-36(32)40(37)30-9-3-2-4-10-30/h2-24,39H,1H3. The number of nitrogens with zero attached hydrogens (tertiary/aromatic N) is 1. The van der Waals surface area contributed by atoms with Gasteiger partial charge in [0.05, 0.1) is 11.0 Å². The maximum atomic E-state index is 3.72. The number of nitrogens with one attached hydrogen (secondary N) is 1. The van der Waals surface area contributed by atoms with Crippen LogP contribution < -0.4 is 5.32 Å². The van der Waals surface area contributed by atoms with Gasteiger partial charge in [-0.05, 0) is 72.1 Å². The number of halogens is 1. The van der Waals surface area contributed by atoms with Gasteiger partial charge in [0.2, 0.25) is 0 Å². The van der Waals surface area contributed by atoms with Gasteiger partial charge >= 0.3 is 0 Å². The largest absolute Gasteiger partial charge is 0.355 e. The molecule has 2 nitrogen and oxygen atoms in total. The molecule has 7 rings (SSSR count). The lowest BCUT2D eigenvalue weighted by atomic mass is 9.97. The average molecular weight is 580 g/mol. The third kappa shape index (κ3) is 4.39. The summed E-state index contributed by atoms with van der Waals surface area (Å²) >= 11 is 3.72. The Morgan fingerprint density at radius 2 is 1.20 bits per heavy atom. The van der Waals surface area contributed by atoms with Gasteiger partial charge in [-0.3, -0.25) is 0 Å². The smallest absolute Gasteiger partial charge is 0.0620 e. The summed E-state index contributed by atoms with van der Waals surface area (Å²) in [5.41, 5.74) is 11.7. The summed E-state index contributed by atoms with van der Waals surface area (Å²) in [6.07, 6.45) is 0. The Bertz CT molecular complexity index is 1970. The molecule has 7 aromatic rings. The lowest BCUT2D eigenvalue weighted by molar-refractivity contribution is 1.18. The van der Waals surface area contributed by atoms with Gasteiger partial charge in [-0.1, -0.05) is 112 Å². The van der Waals surface area contributed by atoms with Crippen molar-refractivity contribution in [2.45, 2.75) is 6.92 Å². The van der Waals surface area contributed by atoms with Gasteiger partial charge in [0.15, 0.2) is 0 Å². The van der Waals surface area contributed by atoms with Crippen molar-refractivity contribution in [1.82, 2.24) is 4.57 Å². The molecule has 0 fully saturated rings. The summed E-state index contributed by atoms with van der Waals surface area (Å²) in [5, 5.41) is 6.14. The van der Waals surface area contributed by atoms with Crippen molar-refractivity contribution < 1.29 is 0 Å². The minimum Gasteiger partial charge on any atom is -0.355 e. The summed E-state index contributed by atoms with van der Waals surface area (Å²) in [7, 11) is 0. The highest BCUT2D eigenvalue weighted by Gasteiger charge is 2.18. The van der Waals surface area contributed by atoms with Crippen molar-refractivity contribution in [3.8, 4) is 27.9 Å². The maximum Gasteiger partial charge on any atom is 0.0620 e. The summed E-state index contributed by atoms with van der Waals surface area (Å²) in [4.78, 5) is 0. The molecule has 0 aliphatic heterocycles. The van der Waals surface area contributed by atoms with Crippen LogP contribution in [0.5, 0.6) is 0 Å². The molecule has 0 radical (unpaired) electrons. The van der Waals surface area contributed by atoms with Gasteiger partial charge in [-0.25, -0.2) is 0 Å². The second kappa shape index (κ2) is 10.2. The molecule has 0 spiro atoms. The molecule has 0 saturated carbocycles. The Morgan fingerprint density at radius 3 is 1.95 bits per heavy atom. The van der Waals surface area contributed by atoms with Crippen molar-refractivity contribution in [2.24, 2.45) is 0 Å². The molecule has 0 aliphatic carbocycles. The molecule has 1 heterocycles. The van der Waals surface area contributed by atoms with Crippen LogP contribution in [0.25, 0.3) is 49.7 Å². The molecule has 40 heavy (non-hydrogen) atoms. The van der Waals surface area contributed by atoms with E-state index < -0.39 is 0 Å². The van der Waals surface area contributed by atoms with Gasteiger partial charge in [0, 0.05) is 37.9 Å². The highest BCUT2D eigenvalue weighted by molar-refractivity contribution is 9.10. The zero-order valence-electron chi connectivity index (χ0n) is 22.1. The van der Waals surface area contributed by atoms with Gasteiger partial charge in [0.25, 0.3) is 0 Å². The second-order valence-corrected chi connectivity index (χ2v) is 11.0. The molecule has 1 aromatic heterocycles. The fourth-order valence-corrected chi connectivity index (χ4v) is 6.08. The van der Waals surface area contributed by atoms with Crippen molar-refractivity contribution in [1.29, 1.82) is 0 Å². The van der Waals surface area contributed by atoms with Gasteiger partial charge in [-0.2, -0.15) is 0 Å². The Balaban J connectivity index is 1.48. The van der Waals surface area contributed by atoms with Gasteiger partial charge < -0.3 is 9.88 Å². The van der Waals surface area contributed by atoms with Gasteiger partial charge in [0.1, 0.15) is 0 Å². The van der Waals surface area contributed by atoms with E-state index in [9.17, 15) is 0 Å². The number of aryl methyl sites for hydroxylation is 1.